The molecule has 0 aliphatic carbocycles. The fraction of sp³-hybridized carbons (Fsp3) is 0. The predicted octanol–water partition coefficient (Wildman–Crippen LogP) is 1.15. The lowest BCUT2D eigenvalue weighted by Gasteiger charge is -2.01. The molecule has 3 nitrogen and oxygen atoms in total. The number of hydrogen-bond acceptors (Lipinski definition) is 4. The summed E-state index contributed by atoms with van der Waals surface area (Å²) in [7, 11) is 0. The van der Waals surface area contributed by atoms with Crippen LogP contribution in [-0.2, 0) is 0 Å². The van der Waals surface area contributed by atoms with Gasteiger partial charge in [0.25, 0.3) is 0 Å². The van der Waals surface area contributed by atoms with Gasteiger partial charge in [-0.2, -0.15) is 0 Å². The number of benzene rings is 1. The molecule has 0 aliphatic rings. The molecule has 58 valence electrons. The summed E-state index contributed by atoms with van der Waals surface area (Å²) >= 11 is 4.53. The van der Waals surface area contributed by atoms with Gasteiger partial charge in [0.1, 0.15) is 0 Å². The lowest BCUT2D eigenvalue weighted by atomic mass is 10.2. The maximum Gasteiger partial charge on any atom is 0.200 e. The Balaban J connectivity index is 3.36. The molecule has 0 atom stereocenters. The van der Waals surface area contributed by atoms with E-state index < -0.39 is 5.75 Å². The number of thiocarbonyl (C=S) groups is 1. The molecule has 0 aromatic heterocycles. The van der Waals surface area contributed by atoms with Gasteiger partial charge in [0, 0.05) is 10.9 Å². The predicted molar refractivity (Wildman–Crippen MR) is 44.2 cm³/mol. The summed E-state index contributed by atoms with van der Waals surface area (Å²) in [5, 5.41) is 28.1. The van der Waals surface area contributed by atoms with E-state index in [2.05, 4.69) is 12.2 Å². The van der Waals surface area contributed by atoms with Crippen molar-refractivity contribution in [3.8, 4) is 17.2 Å². The van der Waals surface area contributed by atoms with Crippen LogP contribution in [0, 0.1) is 0 Å². The number of rotatable bonds is 1. The molecule has 0 spiro atoms. The van der Waals surface area contributed by atoms with Crippen LogP contribution >= 0.6 is 12.2 Å². The Labute approximate surface area is 68.5 Å². The van der Waals surface area contributed by atoms with Gasteiger partial charge in [-0.15, -0.1) is 0 Å². The van der Waals surface area contributed by atoms with Crippen LogP contribution in [0.3, 0.4) is 0 Å². The van der Waals surface area contributed by atoms with Crippen molar-refractivity contribution in [3.05, 3.63) is 17.7 Å². The third-order valence-corrected chi connectivity index (χ3v) is 1.54. The van der Waals surface area contributed by atoms with E-state index in [0.717, 1.165) is 0 Å². The van der Waals surface area contributed by atoms with Gasteiger partial charge in [0.15, 0.2) is 11.5 Å². The highest BCUT2D eigenvalue weighted by atomic mass is 32.1. The summed E-state index contributed by atoms with van der Waals surface area (Å²) in [6.45, 7) is 0. The van der Waals surface area contributed by atoms with Crippen molar-refractivity contribution in [2.75, 3.05) is 0 Å². The van der Waals surface area contributed by atoms with E-state index >= 15 is 0 Å². The first-order chi connectivity index (χ1) is 5.16. The van der Waals surface area contributed by atoms with Crippen molar-refractivity contribution < 1.29 is 15.3 Å². The second kappa shape index (κ2) is 2.75. The SMILES string of the molecule is Oc1ccc(C=S)c(O)c1O. The fourth-order valence-corrected chi connectivity index (χ4v) is 0.870. The Bertz CT molecular complexity index is 296. The highest BCUT2D eigenvalue weighted by Crippen LogP contribution is 2.35. The first-order valence-corrected chi connectivity index (χ1v) is 3.33. The average molecular weight is 170 g/mol. The molecule has 4 heteroatoms. The zero-order valence-corrected chi connectivity index (χ0v) is 6.30. The van der Waals surface area contributed by atoms with Crippen molar-refractivity contribution in [3.63, 3.8) is 0 Å². The average Bonchev–Trinajstić information content (AvgIpc) is 2.01. The maximum absolute atomic E-state index is 9.07. The molecular weight excluding hydrogens is 164 g/mol. The molecular formula is C7H6O3S. The van der Waals surface area contributed by atoms with Gasteiger partial charge < -0.3 is 15.3 Å². The summed E-state index contributed by atoms with van der Waals surface area (Å²) in [5.41, 5.74) is 0.315. The molecule has 0 unspecified atom stereocenters. The topological polar surface area (TPSA) is 60.7 Å². The molecule has 0 radical (unpaired) electrons. The van der Waals surface area contributed by atoms with Crippen LogP contribution in [0.25, 0.3) is 0 Å². The Kier molecular flexibility index (Phi) is 1.96. The highest BCUT2D eigenvalue weighted by Gasteiger charge is 2.07. The minimum atomic E-state index is -0.538. The number of phenols is 3. The van der Waals surface area contributed by atoms with Gasteiger partial charge >= 0.3 is 0 Å². The normalized spacial score (nSPS) is 9.45. The van der Waals surface area contributed by atoms with Crippen molar-refractivity contribution >= 4 is 17.6 Å². The molecule has 0 saturated carbocycles. The number of hydrogen-bond donors (Lipinski definition) is 3. The molecule has 1 aromatic carbocycles. The Morgan fingerprint density at radius 2 is 1.73 bits per heavy atom. The van der Waals surface area contributed by atoms with Crippen LogP contribution in [0.5, 0.6) is 17.2 Å². The molecule has 0 bridgehead atoms. The van der Waals surface area contributed by atoms with E-state index in [9.17, 15) is 0 Å². The number of aromatic hydroxyl groups is 3. The monoisotopic (exact) mass is 170 g/mol. The quantitative estimate of drug-likeness (QED) is 0.437. The third-order valence-electron chi connectivity index (χ3n) is 1.29. The van der Waals surface area contributed by atoms with Crippen molar-refractivity contribution in [1.82, 2.24) is 0 Å². The molecule has 11 heavy (non-hydrogen) atoms. The zero-order chi connectivity index (χ0) is 8.43. The molecule has 1 aromatic rings. The van der Waals surface area contributed by atoms with Gasteiger partial charge in [0.05, 0.1) is 0 Å². The highest BCUT2D eigenvalue weighted by molar-refractivity contribution is 7.79. The van der Waals surface area contributed by atoms with Gasteiger partial charge in [-0.25, -0.2) is 0 Å². The lowest BCUT2D eigenvalue weighted by molar-refractivity contribution is 0.367. The largest absolute Gasteiger partial charge is 0.504 e. The molecule has 1 rings (SSSR count). The minimum absolute atomic E-state index is 0.315. The van der Waals surface area contributed by atoms with Crippen molar-refractivity contribution in [1.29, 1.82) is 0 Å². The first kappa shape index (κ1) is 7.81. The van der Waals surface area contributed by atoms with Crippen LogP contribution < -0.4 is 0 Å². The van der Waals surface area contributed by atoms with Crippen LogP contribution in [-0.4, -0.2) is 20.7 Å². The van der Waals surface area contributed by atoms with Gasteiger partial charge in [-0.05, 0) is 12.1 Å². The fourth-order valence-electron chi connectivity index (χ4n) is 0.680. The summed E-state index contributed by atoms with van der Waals surface area (Å²) in [4.78, 5) is 0. The van der Waals surface area contributed by atoms with Crippen molar-refractivity contribution in [2.24, 2.45) is 0 Å². The zero-order valence-electron chi connectivity index (χ0n) is 5.48. The van der Waals surface area contributed by atoms with Crippen LogP contribution in [0.15, 0.2) is 12.1 Å². The molecule has 0 amide bonds. The molecule has 0 heterocycles. The second-order valence-corrected chi connectivity index (χ2v) is 2.22. The standard InChI is InChI=1S/C7H6O3S/c8-5-2-1-4(3-11)6(9)7(5)10/h1-3,8-10H. The molecule has 0 aliphatic heterocycles. The van der Waals surface area contributed by atoms with E-state index in [1.165, 1.54) is 17.5 Å². The van der Waals surface area contributed by atoms with E-state index in [-0.39, 0.29) is 11.5 Å². The summed E-state index contributed by atoms with van der Waals surface area (Å²) in [5.74, 6) is -1.29. The minimum Gasteiger partial charge on any atom is -0.504 e. The first-order valence-electron chi connectivity index (χ1n) is 2.86. The Hall–Kier alpha value is -1.29. The third kappa shape index (κ3) is 1.25. The van der Waals surface area contributed by atoms with Gasteiger partial charge in [-0.1, -0.05) is 12.2 Å². The van der Waals surface area contributed by atoms with Crippen molar-refractivity contribution in [2.45, 2.75) is 0 Å². The van der Waals surface area contributed by atoms with E-state index in [1.54, 1.807) is 0 Å². The van der Waals surface area contributed by atoms with Gasteiger partial charge in [-0.3, -0.25) is 0 Å². The molecule has 0 saturated heterocycles. The van der Waals surface area contributed by atoms with Crippen LogP contribution in [0.1, 0.15) is 5.56 Å². The molecule has 3 N–H and O–H groups in total. The van der Waals surface area contributed by atoms with Crippen LogP contribution in [0.4, 0.5) is 0 Å². The second-order valence-electron chi connectivity index (χ2n) is 1.99. The summed E-state index contributed by atoms with van der Waals surface area (Å²) in [6, 6.07) is 2.67. The smallest absolute Gasteiger partial charge is 0.200 e. The summed E-state index contributed by atoms with van der Waals surface area (Å²) in [6.07, 6.45) is 0. The van der Waals surface area contributed by atoms with E-state index in [4.69, 9.17) is 15.3 Å². The lowest BCUT2D eigenvalue weighted by Crippen LogP contribution is -1.80. The Morgan fingerprint density at radius 3 is 2.27 bits per heavy atom. The molecule has 0 fully saturated rings. The van der Waals surface area contributed by atoms with Crippen LogP contribution in [0.2, 0.25) is 0 Å². The summed E-state index contributed by atoms with van der Waals surface area (Å²) < 4.78 is 0. The maximum atomic E-state index is 9.07. The Morgan fingerprint density at radius 1 is 1.09 bits per heavy atom. The van der Waals surface area contributed by atoms with E-state index in [1.807, 2.05) is 0 Å². The van der Waals surface area contributed by atoms with E-state index in [0.29, 0.717) is 5.56 Å². The van der Waals surface area contributed by atoms with Gasteiger partial charge in [0.2, 0.25) is 5.75 Å². The number of phenolic OH excluding ortho intramolecular Hbond substituents is 3.